The van der Waals surface area contributed by atoms with Gasteiger partial charge in [-0.1, -0.05) is 0 Å². The van der Waals surface area contributed by atoms with Crippen LogP contribution in [0.5, 0.6) is 0 Å². The summed E-state index contributed by atoms with van der Waals surface area (Å²) in [4.78, 5) is 20.0. The highest BCUT2D eigenvalue weighted by atomic mass is 19.1. The van der Waals surface area contributed by atoms with Crippen LogP contribution in [0.1, 0.15) is 43.1 Å². The summed E-state index contributed by atoms with van der Waals surface area (Å²) in [7, 11) is 0. The van der Waals surface area contributed by atoms with Gasteiger partial charge < -0.3 is 5.32 Å². The number of anilines is 1. The van der Waals surface area contributed by atoms with Crippen molar-refractivity contribution in [1.82, 2.24) is 29.5 Å². The lowest BCUT2D eigenvalue weighted by Gasteiger charge is -2.30. The molecule has 146 valence electrons. The van der Waals surface area contributed by atoms with Crippen LogP contribution in [0.2, 0.25) is 0 Å². The quantitative estimate of drug-likeness (QED) is 0.745. The number of nitrogens with one attached hydrogen (secondary N) is 1. The molecule has 28 heavy (non-hydrogen) atoms. The topological polar surface area (TPSA) is 90.5 Å². The molecule has 0 amide bonds. The predicted octanol–water partition coefficient (Wildman–Crippen LogP) is 2.57. The van der Waals surface area contributed by atoms with Crippen molar-refractivity contribution in [3.05, 3.63) is 58.3 Å². The molecule has 4 rings (SSSR count). The number of aromatic nitrogens is 6. The largest absolute Gasteiger partial charge is 0.365 e. The third-order valence-electron chi connectivity index (χ3n) is 5.09. The van der Waals surface area contributed by atoms with Crippen molar-refractivity contribution in [2.24, 2.45) is 0 Å². The van der Waals surface area contributed by atoms with Gasteiger partial charge in [0.05, 0.1) is 17.9 Å². The molecule has 0 unspecified atom stereocenters. The molecule has 1 aliphatic carbocycles. The second kappa shape index (κ2) is 7.49. The van der Waals surface area contributed by atoms with E-state index in [2.05, 4.69) is 25.5 Å². The number of hydrogen-bond acceptors (Lipinski definition) is 6. The molecular weight excluding hydrogens is 361 g/mol. The van der Waals surface area contributed by atoms with Crippen LogP contribution in [-0.4, -0.2) is 35.6 Å². The summed E-state index contributed by atoms with van der Waals surface area (Å²) in [6.07, 6.45) is 5.62. The highest BCUT2D eigenvalue weighted by Crippen LogP contribution is 2.29. The Morgan fingerprint density at radius 1 is 1.14 bits per heavy atom. The Morgan fingerprint density at radius 2 is 1.93 bits per heavy atom. The van der Waals surface area contributed by atoms with Crippen molar-refractivity contribution in [3.8, 4) is 5.82 Å². The van der Waals surface area contributed by atoms with E-state index in [9.17, 15) is 9.18 Å². The number of aryl methyl sites for hydroxylation is 2. The molecule has 0 spiro atoms. The summed E-state index contributed by atoms with van der Waals surface area (Å²) in [6, 6.07) is 5.33. The Kier molecular flexibility index (Phi) is 4.89. The summed E-state index contributed by atoms with van der Waals surface area (Å²) in [5, 5.41) is 12.1. The van der Waals surface area contributed by atoms with Gasteiger partial charge in [0.15, 0.2) is 17.5 Å². The molecule has 0 aliphatic heterocycles. The molecule has 3 aromatic rings. The lowest BCUT2D eigenvalue weighted by molar-refractivity contribution is 0.302. The van der Waals surface area contributed by atoms with Gasteiger partial charge in [-0.2, -0.15) is 5.10 Å². The molecule has 1 aliphatic rings. The summed E-state index contributed by atoms with van der Waals surface area (Å²) in [5.74, 6) is 0.397. The fraction of sp³-hybridized carbons (Fsp3) is 0.421. The molecule has 0 radical (unpaired) electrons. The van der Waals surface area contributed by atoms with Gasteiger partial charge in [-0.15, -0.1) is 5.10 Å². The van der Waals surface area contributed by atoms with Crippen LogP contribution in [0.15, 0.2) is 35.5 Å². The Bertz CT molecular complexity index is 1040. The van der Waals surface area contributed by atoms with Crippen molar-refractivity contribution in [1.29, 1.82) is 0 Å². The number of halogens is 1. The Balaban J connectivity index is 1.49. The van der Waals surface area contributed by atoms with E-state index in [-0.39, 0.29) is 23.5 Å². The minimum atomic E-state index is -0.458. The fourth-order valence-electron chi connectivity index (χ4n) is 3.73. The second-order valence-electron chi connectivity index (χ2n) is 7.18. The highest BCUT2D eigenvalue weighted by molar-refractivity contribution is 5.35. The first-order valence-electron chi connectivity index (χ1n) is 9.37. The SMILES string of the molecule is Cc1cc(C)n(-c2ccc(=O)n(C3CCC(Nc4ncncc4F)CC3)n2)n1. The Morgan fingerprint density at radius 3 is 2.61 bits per heavy atom. The first kappa shape index (κ1) is 18.3. The van der Waals surface area contributed by atoms with Crippen LogP contribution < -0.4 is 10.9 Å². The van der Waals surface area contributed by atoms with E-state index in [0.717, 1.165) is 43.3 Å². The predicted molar refractivity (Wildman–Crippen MR) is 102 cm³/mol. The van der Waals surface area contributed by atoms with Crippen LogP contribution in [0.3, 0.4) is 0 Å². The van der Waals surface area contributed by atoms with Crippen molar-refractivity contribution >= 4 is 5.82 Å². The molecule has 0 atom stereocenters. The Hall–Kier alpha value is -3.10. The van der Waals surface area contributed by atoms with Crippen molar-refractivity contribution in [2.45, 2.75) is 51.6 Å². The lowest BCUT2D eigenvalue weighted by Crippen LogP contribution is -2.34. The third-order valence-corrected chi connectivity index (χ3v) is 5.09. The molecule has 3 aromatic heterocycles. The van der Waals surface area contributed by atoms with Gasteiger partial charge in [-0.25, -0.2) is 23.7 Å². The van der Waals surface area contributed by atoms with E-state index < -0.39 is 5.82 Å². The van der Waals surface area contributed by atoms with Crippen LogP contribution >= 0.6 is 0 Å². The first-order valence-corrected chi connectivity index (χ1v) is 9.37. The van der Waals surface area contributed by atoms with E-state index in [1.54, 1.807) is 21.5 Å². The molecular formula is C19H22FN7O. The summed E-state index contributed by atoms with van der Waals surface area (Å²) in [6.45, 7) is 3.88. The van der Waals surface area contributed by atoms with Gasteiger partial charge in [0.1, 0.15) is 6.33 Å². The molecule has 1 saturated carbocycles. The second-order valence-corrected chi connectivity index (χ2v) is 7.18. The zero-order chi connectivity index (χ0) is 19.7. The average molecular weight is 383 g/mol. The molecule has 8 nitrogen and oxygen atoms in total. The zero-order valence-electron chi connectivity index (χ0n) is 15.8. The smallest absolute Gasteiger partial charge is 0.267 e. The monoisotopic (exact) mass is 383 g/mol. The number of nitrogens with zero attached hydrogens (tertiary/aromatic N) is 6. The van der Waals surface area contributed by atoms with Gasteiger partial charge in [-0.05, 0) is 51.7 Å². The van der Waals surface area contributed by atoms with E-state index in [1.807, 2.05) is 19.9 Å². The summed E-state index contributed by atoms with van der Waals surface area (Å²) >= 11 is 0. The van der Waals surface area contributed by atoms with E-state index in [0.29, 0.717) is 5.82 Å². The van der Waals surface area contributed by atoms with Gasteiger partial charge in [0.25, 0.3) is 5.56 Å². The molecule has 0 bridgehead atoms. The van der Waals surface area contributed by atoms with E-state index >= 15 is 0 Å². The van der Waals surface area contributed by atoms with Gasteiger partial charge >= 0.3 is 0 Å². The zero-order valence-corrected chi connectivity index (χ0v) is 15.8. The lowest BCUT2D eigenvalue weighted by atomic mass is 9.91. The van der Waals surface area contributed by atoms with Crippen molar-refractivity contribution in [3.63, 3.8) is 0 Å². The molecule has 9 heteroatoms. The van der Waals surface area contributed by atoms with E-state index in [4.69, 9.17) is 0 Å². The normalized spacial score (nSPS) is 19.5. The van der Waals surface area contributed by atoms with Crippen LogP contribution in [0.25, 0.3) is 5.82 Å². The maximum atomic E-state index is 13.7. The summed E-state index contributed by atoms with van der Waals surface area (Å²) < 4.78 is 17.0. The fourth-order valence-corrected chi connectivity index (χ4v) is 3.73. The number of hydrogen-bond donors (Lipinski definition) is 1. The van der Waals surface area contributed by atoms with E-state index in [1.165, 1.54) is 6.33 Å². The van der Waals surface area contributed by atoms with Gasteiger partial charge in [-0.3, -0.25) is 4.79 Å². The highest BCUT2D eigenvalue weighted by Gasteiger charge is 2.25. The Labute approximate surface area is 161 Å². The summed E-state index contributed by atoms with van der Waals surface area (Å²) in [5.41, 5.74) is 1.75. The van der Waals surface area contributed by atoms with Crippen LogP contribution in [0.4, 0.5) is 10.2 Å². The molecule has 1 N–H and O–H groups in total. The van der Waals surface area contributed by atoms with Crippen LogP contribution in [0, 0.1) is 19.7 Å². The standard InChI is InChI=1S/C19H22FN7O/c1-12-9-13(2)26(24-12)17-7-8-18(28)27(25-17)15-5-3-14(4-6-15)23-19-16(20)10-21-11-22-19/h7-11,14-15H,3-6H2,1-2H3,(H,21,22,23). The minimum absolute atomic E-state index is 0.0118. The third kappa shape index (κ3) is 3.64. The maximum Gasteiger partial charge on any atom is 0.267 e. The molecule has 0 saturated heterocycles. The maximum absolute atomic E-state index is 13.7. The minimum Gasteiger partial charge on any atom is -0.365 e. The average Bonchev–Trinajstić information content (AvgIpc) is 3.03. The molecule has 1 fully saturated rings. The van der Waals surface area contributed by atoms with Crippen molar-refractivity contribution < 1.29 is 4.39 Å². The molecule has 3 heterocycles. The first-order chi connectivity index (χ1) is 13.5. The molecule has 0 aromatic carbocycles. The van der Waals surface area contributed by atoms with Gasteiger partial charge in [0, 0.05) is 17.8 Å². The van der Waals surface area contributed by atoms with Gasteiger partial charge in [0.2, 0.25) is 0 Å². The number of rotatable bonds is 4. The van der Waals surface area contributed by atoms with Crippen LogP contribution in [-0.2, 0) is 0 Å². The van der Waals surface area contributed by atoms with Crippen molar-refractivity contribution in [2.75, 3.05) is 5.32 Å².